The third-order valence-electron chi connectivity index (χ3n) is 4.04. The van der Waals surface area contributed by atoms with Crippen LogP contribution in [0.1, 0.15) is 25.1 Å². The van der Waals surface area contributed by atoms with E-state index in [1.54, 1.807) is 30.5 Å². The van der Waals surface area contributed by atoms with Gasteiger partial charge in [0.1, 0.15) is 11.3 Å². The summed E-state index contributed by atoms with van der Waals surface area (Å²) in [7, 11) is 0. The Labute approximate surface area is 137 Å². The number of nitrogens with two attached hydrogens (primary N) is 1. The first kappa shape index (κ1) is 15.5. The molecule has 0 aliphatic heterocycles. The molecule has 7 nitrogen and oxygen atoms in total. The number of hydrogen-bond acceptors (Lipinski definition) is 6. The molecule has 4 rings (SSSR count). The Morgan fingerprint density at radius 2 is 2.09 bits per heavy atom. The minimum Gasteiger partial charge on any atom is -0.463 e. The second-order valence-corrected chi connectivity index (χ2v) is 5.52. The Morgan fingerprint density at radius 1 is 1.26 bits per heavy atom. The van der Waals surface area contributed by atoms with Crippen LogP contribution in [-0.2, 0) is 5.54 Å². The van der Waals surface area contributed by atoms with E-state index in [4.69, 9.17) is 14.7 Å². The van der Waals surface area contributed by atoms with Crippen molar-refractivity contribution in [2.24, 2.45) is 5.73 Å². The number of H-pyrrole nitrogens is 1. The molecule has 0 atom stereocenters. The lowest BCUT2D eigenvalue weighted by Gasteiger charge is -2.34. The molecule has 1 aliphatic carbocycles. The minimum atomic E-state index is -0.511. The molecule has 120 valence electrons. The Balaban J connectivity index is 0.00000156. The van der Waals surface area contributed by atoms with Crippen LogP contribution in [-0.4, -0.2) is 15.1 Å². The molecule has 0 saturated heterocycles. The Hall–Kier alpha value is -2.38. The van der Waals surface area contributed by atoms with Gasteiger partial charge in [-0.05, 0) is 43.5 Å². The number of hydrogen-bond donors (Lipinski definition) is 2. The molecule has 0 bridgehead atoms. The van der Waals surface area contributed by atoms with E-state index in [2.05, 4.69) is 15.1 Å². The molecule has 3 aromatic heterocycles. The summed E-state index contributed by atoms with van der Waals surface area (Å²) in [6.45, 7) is 0. The molecule has 1 fully saturated rings. The lowest BCUT2D eigenvalue weighted by molar-refractivity contribution is 0.229. The van der Waals surface area contributed by atoms with E-state index in [-0.39, 0.29) is 23.9 Å². The van der Waals surface area contributed by atoms with Gasteiger partial charge in [-0.15, -0.1) is 12.4 Å². The molecule has 3 aromatic rings. The van der Waals surface area contributed by atoms with E-state index in [0.29, 0.717) is 22.8 Å². The lowest BCUT2D eigenvalue weighted by Crippen LogP contribution is -2.44. The topological polar surface area (TPSA) is 111 Å². The zero-order valence-electron chi connectivity index (χ0n) is 12.1. The number of furan rings is 1. The molecule has 0 aromatic carbocycles. The fourth-order valence-corrected chi connectivity index (χ4v) is 2.53. The summed E-state index contributed by atoms with van der Waals surface area (Å²) in [6, 6.07) is 6.90. The second-order valence-electron chi connectivity index (χ2n) is 5.52. The molecule has 0 radical (unpaired) electrons. The van der Waals surface area contributed by atoms with Gasteiger partial charge in [-0.25, -0.2) is 0 Å². The van der Waals surface area contributed by atoms with E-state index in [0.717, 1.165) is 19.3 Å². The van der Waals surface area contributed by atoms with E-state index in [9.17, 15) is 4.79 Å². The van der Waals surface area contributed by atoms with Crippen molar-refractivity contribution in [2.45, 2.75) is 24.8 Å². The molecule has 0 spiro atoms. The van der Waals surface area contributed by atoms with Crippen LogP contribution >= 0.6 is 12.4 Å². The lowest BCUT2D eigenvalue weighted by atomic mass is 9.77. The average Bonchev–Trinajstić information content (AvgIpc) is 3.16. The minimum absolute atomic E-state index is 0. The number of aromatic nitrogens is 3. The van der Waals surface area contributed by atoms with Gasteiger partial charge in [-0.1, -0.05) is 5.16 Å². The molecule has 0 unspecified atom stereocenters. The fourth-order valence-electron chi connectivity index (χ4n) is 2.53. The smallest absolute Gasteiger partial charge is 0.263 e. The molecule has 0 amide bonds. The normalized spacial score (nSPS) is 15.7. The highest BCUT2D eigenvalue weighted by atomic mass is 35.5. The van der Waals surface area contributed by atoms with Gasteiger partial charge in [0.05, 0.1) is 17.5 Å². The van der Waals surface area contributed by atoms with Crippen LogP contribution in [0.4, 0.5) is 0 Å². The number of pyridine rings is 1. The molecular formula is C15H15ClN4O3. The highest BCUT2D eigenvalue weighted by Crippen LogP contribution is 2.37. The summed E-state index contributed by atoms with van der Waals surface area (Å²) >= 11 is 0. The molecule has 23 heavy (non-hydrogen) atoms. The van der Waals surface area contributed by atoms with Crippen molar-refractivity contribution in [1.82, 2.24) is 15.1 Å². The van der Waals surface area contributed by atoms with Crippen molar-refractivity contribution in [3.05, 3.63) is 46.7 Å². The Kier molecular flexibility index (Phi) is 3.83. The van der Waals surface area contributed by atoms with Crippen LogP contribution in [0.3, 0.4) is 0 Å². The fraction of sp³-hybridized carbons (Fsp3) is 0.267. The molecule has 1 aliphatic rings. The van der Waals surface area contributed by atoms with Crippen LogP contribution < -0.4 is 11.3 Å². The Bertz CT molecular complexity index is 865. The summed E-state index contributed by atoms with van der Waals surface area (Å²) in [5.41, 5.74) is 6.24. The van der Waals surface area contributed by atoms with Crippen LogP contribution in [0.2, 0.25) is 0 Å². The maximum atomic E-state index is 12.2. The number of nitrogens with one attached hydrogen (secondary N) is 1. The van der Waals surface area contributed by atoms with E-state index in [1.807, 2.05) is 0 Å². The second kappa shape index (κ2) is 5.68. The number of aromatic amines is 1. The van der Waals surface area contributed by atoms with Crippen molar-refractivity contribution in [3.8, 4) is 22.9 Å². The van der Waals surface area contributed by atoms with Gasteiger partial charge in [0.2, 0.25) is 0 Å². The summed E-state index contributed by atoms with van der Waals surface area (Å²) in [5, 5.41) is 3.92. The average molecular weight is 335 g/mol. The largest absolute Gasteiger partial charge is 0.463 e. The highest BCUT2D eigenvalue weighted by Gasteiger charge is 2.39. The van der Waals surface area contributed by atoms with Gasteiger partial charge < -0.3 is 19.7 Å². The first-order chi connectivity index (χ1) is 10.7. The summed E-state index contributed by atoms with van der Waals surface area (Å²) < 4.78 is 10.5. The van der Waals surface area contributed by atoms with Crippen LogP contribution in [0, 0.1) is 0 Å². The van der Waals surface area contributed by atoms with E-state index in [1.165, 1.54) is 0 Å². The van der Waals surface area contributed by atoms with Crippen molar-refractivity contribution in [2.75, 3.05) is 0 Å². The molecule has 3 N–H and O–H groups in total. The van der Waals surface area contributed by atoms with Gasteiger partial charge >= 0.3 is 0 Å². The number of halogens is 1. The van der Waals surface area contributed by atoms with Crippen molar-refractivity contribution in [3.63, 3.8) is 0 Å². The van der Waals surface area contributed by atoms with Crippen LogP contribution in [0.15, 0.2) is 44.3 Å². The third-order valence-corrected chi connectivity index (χ3v) is 4.04. The predicted molar refractivity (Wildman–Crippen MR) is 85.0 cm³/mol. The van der Waals surface area contributed by atoms with Gasteiger partial charge in [-0.3, -0.25) is 4.79 Å². The first-order valence-electron chi connectivity index (χ1n) is 7.06. The monoisotopic (exact) mass is 334 g/mol. The summed E-state index contributed by atoms with van der Waals surface area (Å²) in [5.74, 6) is 1.23. The predicted octanol–water partition coefficient (Wildman–Crippen LogP) is 2.44. The Morgan fingerprint density at radius 3 is 2.70 bits per heavy atom. The zero-order chi connectivity index (χ0) is 15.2. The summed E-state index contributed by atoms with van der Waals surface area (Å²) in [4.78, 5) is 19.2. The van der Waals surface area contributed by atoms with E-state index >= 15 is 0 Å². The standard InChI is InChI=1S/C15H14N4O3.ClH/c16-15(6-2-7-15)14-18-13(22-19-14)9-4-5-10(17-12(9)20)11-3-1-8-21-11;/h1,3-5,8H,2,6-7,16H2,(H,17,20);1H. The van der Waals surface area contributed by atoms with Crippen LogP contribution in [0.5, 0.6) is 0 Å². The maximum Gasteiger partial charge on any atom is 0.263 e. The quantitative estimate of drug-likeness (QED) is 0.761. The molecule has 1 saturated carbocycles. The van der Waals surface area contributed by atoms with Gasteiger partial charge in [-0.2, -0.15) is 4.98 Å². The van der Waals surface area contributed by atoms with Gasteiger partial charge in [0.25, 0.3) is 11.4 Å². The molecule has 8 heteroatoms. The number of rotatable bonds is 3. The third kappa shape index (κ3) is 2.58. The van der Waals surface area contributed by atoms with Gasteiger partial charge in [0, 0.05) is 0 Å². The van der Waals surface area contributed by atoms with Crippen LogP contribution in [0.25, 0.3) is 22.9 Å². The van der Waals surface area contributed by atoms with E-state index < -0.39 is 5.54 Å². The maximum absolute atomic E-state index is 12.2. The summed E-state index contributed by atoms with van der Waals surface area (Å²) in [6.07, 6.45) is 4.27. The number of nitrogens with zero attached hydrogens (tertiary/aromatic N) is 2. The SMILES string of the molecule is Cl.NC1(c2noc(-c3ccc(-c4ccco4)[nH]c3=O)n2)CCC1. The molecule has 3 heterocycles. The zero-order valence-corrected chi connectivity index (χ0v) is 12.9. The van der Waals surface area contributed by atoms with Gasteiger partial charge in [0.15, 0.2) is 5.82 Å². The van der Waals surface area contributed by atoms with Crippen molar-refractivity contribution in [1.29, 1.82) is 0 Å². The first-order valence-corrected chi connectivity index (χ1v) is 7.06. The van der Waals surface area contributed by atoms with Crippen molar-refractivity contribution < 1.29 is 8.94 Å². The highest BCUT2D eigenvalue weighted by molar-refractivity contribution is 5.85. The van der Waals surface area contributed by atoms with Crippen molar-refractivity contribution >= 4 is 12.4 Å². The molecular weight excluding hydrogens is 320 g/mol.